The van der Waals surface area contributed by atoms with Crippen LogP contribution in [0.3, 0.4) is 0 Å². The zero-order chi connectivity index (χ0) is 23.8. The first-order chi connectivity index (χ1) is 15.9. The third kappa shape index (κ3) is 6.61. The number of hydrogen-bond acceptors (Lipinski definition) is 7. The molecule has 0 bridgehead atoms. The van der Waals surface area contributed by atoms with Crippen LogP contribution >= 0.6 is 0 Å². The van der Waals surface area contributed by atoms with Gasteiger partial charge in [0.1, 0.15) is 0 Å². The minimum atomic E-state index is -0.529. The van der Waals surface area contributed by atoms with E-state index in [9.17, 15) is 14.4 Å². The van der Waals surface area contributed by atoms with Gasteiger partial charge in [-0.3, -0.25) is 14.4 Å². The van der Waals surface area contributed by atoms with E-state index in [0.717, 1.165) is 18.4 Å². The van der Waals surface area contributed by atoms with Crippen molar-refractivity contribution in [2.24, 2.45) is 0 Å². The van der Waals surface area contributed by atoms with Crippen molar-refractivity contribution in [1.82, 2.24) is 5.32 Å². The predicted molar refractivity (Wildman–Crippen MR) is 121 cm³/mol. The molecule has 0 heterocycles. The second-order valence-corrected chi connectivity index (χ2v) is 7.54. The fraction of sp³-hybridized carbons (Fsp3) is 0.375. The van der Waals surface area contributed by atoms with Gasteiger partial charge in [-0.1, -0.05) is 12.1 Å². The van der Waals surface area contributed by atoms with Gasteiger partial charge in [0.2, 0.25) is 5.75 Å². The van der Waals surface area contributed by atoms with Gasteiger partial charge in [0.05, 0.1) is 32.6 Å². The molecule has 1 aliphatic rings. The lowest BCUT2D eigenvalue weighted by atomic mass is 10.1. The molecule has 0 aromatic heterocycles. The van der Waals surface area contributed by atoms with Gasteiger partial charge in [0.25, 0.3) is 11.8 Å². The number of hydrogen-bond donors (Lipinski definition) is 2. The molecule has 1 fully saturated rings. The number of methoxy groups -OCH3 is 3. The predicted octanol–water partition coefficient (Wildman–Crippen LogP) is 2.72. The van der Waals surface area contributed by atoms with E-state index in [0.29, 0.717) is 34.9 Å². The molecule has 1 aliphatic carbocycles. The molecule has 0 radical (unpaired) electrons. The molecule has 3 rings (SSSR count). The fourth-order valence-corrected chi connectivity index (χ4v) is 3.21. The summed E-state index contributed by atoms with van der Waals surface area (Å²) in [4.78, 5) is 36.8. The molecule has 2 N–H and O–H groups in total. The second kappa shape index (κ2) is 11.2. The highest BCUT2D eigenvalue weighted by Gasteiger charge is 2.25. The molecule has 0 aliphatic heterocycles. The summed E-state index contributed by atoms with van der Waals surface area (Å²) in [6.45, 7) is -0.452. The molecule has 9 nitrogen and oxygen atoms in total. The molecule has 9 heteroatoms. The van der Waals surface area contributed by atoms with E-state index in [-0.39, 0.29) is 18.4 Å². The zero-order valence-electron chi connectivity index (χ0n) is 18.9. The number of amides is 2. The van der Waals surface area contributed by atoms with Gasteiger partial charge in [-0.25, -0.2) is 0 Å². The summed E-state index contributed by atoms with van der Waals surface area (Å²) in [6.07, 6.45) is 2.35. The van der Waals surface area contributed by atoms with E-state index >= 15 is 0 Å². The van der Waals surface area contributed by atoms with Crippen molar-refractivity contribution in [2.45, 2.75) is 31.7 Å². The first-order valence-electron chi connectivity index (χ1n) is 10.6. The zero-order valence-corrected chi connectivity index (χ0v) is 18.9. The van der Waals surface area contributed by atoms with Gasteiger partial charge in [-0.05, 0) is 49.1 Å². The maximum atomic E-state index is 12.3. The van der Waals surface area contributed by atoms with Crippen molar-refractivity contribution < 1.29 is 33.3 Å². The van der Waals surface area contributed by atoms with Crippen molar-refractivity contribution >= 4 is 23.5 Å². The van der Waals surface area contributed by atoms with Crippen molar-refractivity contribution in [2.75, 3.05) is 33.3 Å². The first-order valence-corrected chi connectivity index (χ1v) is 10.6. The summed E-state index contributed by atoms with van der Waals surface area (Å²) in [6, 6.07) is 10.4. The van der Waals surface area contributed by atoms with Crippen LogP contribution in [-0.2, 0) is 20.7 Å². The van der Waals surface area contributed by atoms with E-state index in [1.54, 1.807) is 36.4 Å². The summed E-state index contributed by atoms with van der Waals surface area (Å²) in [7, 11) is 4.55. The number of para-hydroxylation sites is 1. The Hall–Kier alpha value is -3.75. The van der Waals surface area contributed by atoms with E-state index < -0.39 is 18.5 Å². The smallest absolute Gasteiger partial charge is 0.306 e. The molecule has 2 amide bonds. The third-order valence-electron chi connectivity index (χ3n) is 5.06. The summed E-state index contributed by atoms with van der Waals surface area (Å²) < 4.78 is 21.0. The number of ether oxygens (including phenoxy) is 4. The monoisotopic (exact) mass is 456 g/mol. The van der Waals surface area contributed by atoms with Crippen molar-refractivity contribution in [3.8, 4) is 17.2 Å². The number of anilines is 1. The van der Waals surface area contributed by atoms with Crippen LogP contribution in [0.15, 0.2) is 36.4 Å². The van der Waals surface area contributed by atoms with Gasteiger partial charge < -0.3 is 29.6 Å². The third-order valence-corrected chi connectivity index (χ3v) is 5.06. The van der Waals surface area contributed by atoms with E-state index in [1.807, 2.05) is 0 Å². The molecule has 176 valence electrons. The Labute approximate surface area is 192 Å². The van der Waals surface area contributed by atoms with E-state index in [1.165, 1.54) is 21.3 Å². The Morgan fingerprint density at radius 3 is 2.24 bits per heavy atom. The number of carbonyl (C=O) groups is 3. The molecular formula is C24H28N2O7. The molecule has 33 heavy (non-hydrogen) atoms. The molecular weight excluding hydrogens is 428 g/mol. The Bertz CT molecular complexity index is 993. The van der Waals surface area contributed by atoms with Crippen LogP contribution in [0, 0.1) is 0 Å². The van der Waals surface area contributed by atoms with Gasteiger partial charge in [0, 0.05) is 12.5 Å². The topological polar surface area (TPSA) is 112 Å². The van der Waals surface area contributed by atoms with Crippen LogP contribution < -0.4 is 24.8 Å². The van der Waals surface area contributed by atoms with E-state index in [4.69, 9.17) is 18.9 Å². The van der Waals surface area contributed by atoms with Crippen molar-refractivity contribution in [1.29, 1.82) is 0 Å². The molecule has 0 spiro atoms. The summed E-state index contributed by atoms with van der Waals surface area (Å²) in [5, 5.41) is 5.52. The van der Waals surface area contributed by atoms with Crippen LogP contribution in [0.5, 0.6) is 17.2 Å². The van der Waals surface area contributed by atoms with Gasteiger partial charge in [-0.15, -0.1) is 0 Å². The SMILES string of the molecule is COc1cc(CCC(=O)OCC(=O)Nc2ccccc2C(=O)NC2CC2)cc(OC)c1OC. The summed E-state index contributed by atoms with van der Waals surface area (Å²) in [5.74, 6) is 0.152. The van der Waals surface area contributed by atoms with Gasteiger partial charge in [0.15, 0.2) is 18.1 Å². The molecule has 0 unspecified atom stereocenters. The second-order valence-electron chi connectivity index (χ2n) is 7.54. The molecule has 0 saturated heterocycles. The number of aryl methyl sites for hydroxylation is 1. The average molecular weight is 456 g/mol. The largest absolute Gasteiger partial charge is 0.493 e. The molecule has 1 saturated carbocycles. The Balaban J connectivity index is 1.50. The minimum Gasteiger partial charge on any atom is -0.493 e. The highest BCUT2D eigenvalue weighted by Crippen LogP contribution is 2.38. The number of rotatable bonds is 11. The molecule has 0 atom stereocenters. The summed E-state index contributed by atoms with van der Waals surface area (Å²) >= 11 is 0. The first kappa shape index (κ1) is 23.9. The number of benzene rings is 2. The van der Waals surface area contributed by atoms with Crippen LogP contribution in [0.1, 0.15) is 35.2 Å². The Morgan fingerprint density at radius 1 is 0.970 bits per heavy atom. The van der Waals surface area contributed by atoms with Gasteiger partial charge >= 0.3 is 5.97 Å². The van der Waals surface area contributed by atoms with Crippen LogP contribution in [0.4, 0.5) is 5.69 Å². The highest BCUT2D eigenvalue weighted by molar-refractivity contribution is 6.04. The molecule has 2 aromatic carbocycles. The normalized spacial score (nSPS) is 12.5. The fourth-order valence-electron chi connectivity index (χ4n) is 3.21. The number of esters is 1. The van der Waals surface area contributed by atoms with Gasteiger partial charge in [-0.2, -0.15) is 0 Å². The Morgan fingerprint density at radius 2 is 1.64 bits per heavy atom. The minimum absolute atomic E-state index is 0.0618. The maximum Gasteiger partial charge on any atom is 0.306 e. The average Bonchev–Trinajstić information content (AvgIpc) is 3.64. The maximum absolute atomic E-state index is 12.3. The summed E-state index contributed by atoms with van der Waals surface area (Å²) in [5.41, 5.74) is 1.53. The van der Waals surface area contributed by atoms with Crippen molar-refractivity contribution in [3.05, 3.63) is 47.5 Å². The lowest BCUT2D eigenvalue weighted by Gasteiger charge is -2.14. The van der Waals surface area contributed by atoms with Crippen LogP contribution in [0.2, 0.25) is 0 Å². The molecule has 2 aromatic rings. The van der Waals surface area contributed by atoms with Crippen LogP contribution in [-0.4, -0.2) is 51.8 Å². The van der Waals surface area contributed by atoms with E-state index in [2.05, 4.69) is 10.6 Å². The standard InChI is InChI=1S/C24H28N2O7/c1-30-19-12-15(13-20(31-2)23(19)32-3)8-11-22(28)33-14-21(27)26-18-7-5-4-6-17(18)24(29)25-16-9-10-16/h4-7,12-13,16H,8-11,14H2,1-3H3,(H,25,29)(H,26,27). The Kier molecular flexibility index (Phi) is 8.12. The lowest BCUT2D eigenvalue weighted by Crippen LogP contribution is -2.28. The van der Waals surface area contributed by atoms with Crippen molar-refractivity contribution in [3.63, 3.8) is 0 Å². The quantitative estimate of drug-likeness (QED) is 0.500. The lowest BCUT2D eigenvalue weighted by molar-refractivity contribution is -0.147. The van der Waals surface area contributed by atoms with Crippen LogP contribution in [0.25, 0.3) is 0 Å². The number of nitrogens with one attached hydrogen (secondary N) is 2. The highest BCUT2D eigenvalue weighted by atomic mass is 16.5. The number of carbonyl (C=O) groups excluding carboxylic acids is 3.